The Bertz CT molecular complexity index is 1680. The summed E-state index contributed by atoms with van der Waals surface area (Å²) in [4.78, 5) is 15.1. The summed E-state index contributed by atoms with van der Waals surface area (Å²) in [6.07, 6.45) is 0. The van der Waals surface area contributed by atoms with E-state index in [0.29, 0.717) is 0 Å². The van der Waals surface area contributed by atoms with Gasteiger partial charge < -0.3 is 29.7 Å². The van der Waals surface area contributed by atoms with Crippen LogP contribution < -0.4 is 9.29 Å². The van der Waals surface area contributed by atoms with Gasteiger partial charge in [-0.25, -0.2) is 0 Å². The first-order chi connectivity index (χ1) is 16.5. The molecule has 0 fully saturated rings. The minimum absolute atomic E-state index is 0.00111. The number of carbonyl (C=O) groups is 1. The average Bonchev–Trinajstić information content (AvgIpc) is 2.83. The quantitative estimate of drug-likeness (QED) is 0.138. The van der Waals surface area contributed by atoms with E-state index in [9.17, 15) is 38.7 Å². The van der Waals surface area contributed by atoms with Gasteiger partial charge in [-0.15, -0.1) is 0 Å². The van der Waals surface area contributed by atoms with Crippen molar-refractivity contribution in [2.24, 2.45) is 0 Å². The normalized spacial score (nSPS) is 11.2. The van der Waals surface area contributed by atoms with E-state index in [4.69, 9.17) is 9.58 Å². The summed E-state index contributed by atoms with van der Waals surface area (Å²) in [6.45, 7) is 0. The highest BCUT2D eigenvalue weighted by Gasteiger charge is 2.24. The van der Waals surface area contributed by atoms with Gasteiger partial charge in [-0.1, -0.05) is 12.1 Å². The van der Waals surface area contributed by atoms with Gasteiger partial charge in [0, 0.05) is 17.0 Å². The van der Waals surface area contributed by atoms with Crippen LogP contribution in [0.1, 0.15) is 15.9 Å². The van der Waals surface area contributed by atoms with Crippen LogP contribution in [0.5, 0.6) is 34.5 Å². The molecule has 0 aliphatic rings. The van der Waals surface area contributed by atoms with E-state index >= 15 is 0 Å². The SMILES string of the molecule is N#[N+]c1ccc2c(S(=O)(=O)Oc3ccc(C(=O)c4ccc(O)c(O)c4O)cc3O)cccc2c1[O-]. The Morgan fingerprint density at radius 1 is 0.886 bits per heavy atom. The highest BCUT2D eigenvalue weighted by Crippen LogP contribution is 2.40. The number of diazo groups is 1. The minimum atomic E-state index is -4.58. The molecule has 0 bridgehead atoms. The van der Waals surface area contributed by atoms with E-state index in [1.165, 1.54) is 24.3 Å². The lowest BCUT2D eigenvalue weighted by Gasteiger charge is -2.13. The standard InChI is InChI=1S/C23H14N2O9S/c24-25-15-7-5-12-13(21(15)29)2-1-3-19(12)35(32,33)34-18-9-4-11(10-17(18)27)20(28)14-6-8-16(26)23(31)22(14)30/h1-10,24H,(H3,26,27,28,29,30). The van der Waals surface area contributed by atoms with Gasteiger partial charge >= 0.3 is 15.8 Å². The molecule has 0 radical (unpaired) electrons. The van der Waals surface area contributed by atoms with E-state index in [1.54, 1.807) is 0 Å². The number of phenolic OH excluding ortho intramolecular Hbond substituents is 4. The minimum Gasteiger partial charge on any atom is -0.867 e. The summed E-state index contributed by atoms with van der Waals surface area (Å²) in [5, 5.41) is 60.4. The lowest BCUT2D eigenvalue weighted by molar-refractivity contribution is -0.264. The van der Waals surface area contributed by atoms with Crippen molar-refractivity contribution in [3.05, 3.63) is 76.8 Å². The van der Waals surface area contributed by atoms with Crippen molar-refractivity contribution in [1.82, 2.24) is 0 Å². The first-order valence-corrected chi connectivity index (χ1v) is 11.1. The lowest BCUT2D eigenvalue weighted by Crippen LogP contribution is -2.11. The molecule has 0 spiro atoms. The van der Waals surface area contributed by atoms with Gasteiger partial charge in [-0.05, 0) is 53.6 Å². The molecule has 4 aromatic carbocycles. The van der Waals surface area contributed by atoms with Crippen molar-refractivity contribution >= 4 is 32.4 Å². The van der Waals surface area contributed by atoms with Crippen LogP contribution in [0.2, 0.25) is 0 Å². The van der Waals surface area contributed by atoms with Crippen LogP contribution in [-0.2, 0) is 10.1 Å². The predicted octanol–water partition coefficient (Wildman–Crippen LogP) is 3.22. The maximum absolute atomic E-state index is 12.9. The molecule has 4 rings (SSSR count). The van der Waals surface area contributed by atoms with E-state index in [0.717, 1.165) is 36.4 Å². The summed E-state index contributed by atoms with van der Waals surface area (Å²) in [5.74, 6) is -5.21. The highest BCUT2D eigenvalue weighted by atomic mass is 32.2. The highest BCUT2D eigenvalue weighted by molar-refractivity contribution is 7.87. The number of hydrogen-bond acceptors (Lipinski definition) is 10. The lowest BCUT2D eigenvalue weighted by atomic mass is 10.0. The Morgan fingerprint density at radius 2 is 1.63 bits per heavy atom. The molecule has 4 N–H and O–H groups in total. The molecule has 0 unspecified atom stereocenters. The van der Waals surface area contributed by atoms with Gasteiger partial charge in [-0.3, -0.25) is 4.79 Å². The fourth-order valence-electron chi connectivity index (χ4n) is 3.39. The number of carbonyl (C=O) groups excluding carboxylic acids is 1. The van der Waals surface area contributed by atoms with Crippen LogP contribution in [0.25, 0.3) is 15.7 Å². The molecule has 11 nitrogen and oxygen atoms in total. The molecule has 4 aromatic rings. The maximum atomic E-state index is 12.9. The summed E-state index contributed by atoms with van der Waals surface area (Å²) in [7, 11) is -4.58. The molecular weight excluding hydrogens is 480 g/mol. The van der Waals surface area contributed by atoms with Gasteiger partial charge in [0.15, 0.2) is 33.8 Å². The van der Waals surface area contributed by atoms with Crippen LogP contribution in [-0.4, -0.2) is 34.6 Å². The Hall–Kier alpha value is -5.02. The Kier molecular flexibility index (Phi) is 5.55. The summed E-state index contributed by atoms with van der Waals surface area (Å²) in [6, 6.07) is 11.3. The zero-order chi connectivity index (χ0) is 25.5. The fraction of sp³-hybridized carbons (Fsp3) is 0. The summed E-state index contributed by atoms with van der Waals surface area (Å²) < 4.78 is 30.9. The second kappa shape index (κ2) is 8.40. The summed E-state index contributed by atoms with van der Waals surface area (Å²) >= 11 is 0. The van der Waals surface area contributed by atoms with Gasteiger partial charge in [-0.2, -0.15) is 8.42 Å². The molecule has 176 valence electrons. The maximum Gasteiger partial charge on any atom is 0.378 e. The predicted molar refractivity (Wildman–Crippen MR) is 119 cm³/mol. The van der Waals surface area contributed by atoms with E-state index in [1.807, 2.05) is 0 Å². The Balaban J connectivity index is 1.69. The molecule has 0 amide bonds. The average molecular weight is 494 g/mol. The zero-order valence-corrected chi connectivity index (χ0v) is 18.2. The Labute approximate surface area is 197 Å². The second-order valence-electron chi connectivity index (χ2n) is 7.24. The first kappa shape index (κ1) is 23.1. The van der Waals surface area contributed by atoms with Gasteiger partial charge in [0.05, 0.1) is 5.56 Å². The van der Waals surface area contributed by atoms with Crippen LogP contribution in [0.3, 0.4) is 0 Å². The summed E-state index contributed by atoms with van der Waals surface area (Å²) in [5.41, 5.74) is -0.841. The van der Waals surface area contributed by atoms with Crippen molar-refractivity contribution < 1.29 is 42.9 Å². The van der Waals surface area contributed by atoms with Crippen LogP contribution in [0, 0.1) is 5.39 Å². The fourth-order valence-corrected chi connectivity index (χ4v) is 4.55. The number of fused-ring (bicyclic) bond motifs is 1. The van der Waals surface area contributed by atoms with E-state index in [2.05, 4.69) is 4.98 Å². The number of nitrogens with zero attached hydrogens (tertiary/aromatic N) is 2. The van der Waals surface area contributed by atoms with Crippen LogP contribution in [0.4, 0.5) is 5.69 Å². The second-order valence-corrected chi connectivity index (χ2v) is 8.76. The van der Waals surface area contributed by atoms with Crippen LogP contribution >= 0.6 is 0 Å². The number of hydrogen-bond donors (Lipinski definition) is 4. The molecule has 0 saturated heterocycles. The van der Waals surface area contributed by atoms with Crippen molar-refractivity contribution in [3.8, 4) is 34.5 Å². The van der Waals surface area contributed by atoms with Crippen molar-refractivity contribution in [3.63, 3.8) is 0 Å². The smallest absolute Gasteiger partial charge is 0.378 e. The third kappa shape index (κ3) is 3.96. The third-order valence-electron chi connectivity index (χ3n) is 5.12. The van der Waals surface area contributed by atoms with Crippen molar-refractivity contribution in [2.45, 2.75) is 4.90 Å². The first-order valence-electron chi connectivity index (χ1n) is 9.69. The van der Waals surface area contributed by atoms with Gasteiger partial charge in [0.25, 0.3) is 0 Å². The third-order valence-corrected chi connectivity index (χ3v) is 6.42. The number of benzene rings is 4. The number of rotatable bonds is 5. The molecular formula is C23H14N2O9S. The number of phenols is 4. The van der Waals surface area contributed by atoms with Gasteiger partial charge in [0.2, 0.25) is 11.1 Å². The molecule has 0 aliphatic carbocycles. The van der Waals surface area contributed by atoms with E-state index < -0.39 is 50.4 Å². The number of aromatic hydroxyl groups is 4. The molecule has 12 heteroatoms. The van der Waals surface area contributed by atoms with Crippen molar-refractivity contribution in [1.29, 1.82) is 5.39 Å². The van der Waals surface area contributed by atoms with E-state index in [-0.39, 0.29) is 32.5 Å². The zero-order valence-electron chi connectivity index (χ0n) is 17.4. The van der Waals surface area contributed by atoms with Gasteiger partial charge in [0.1, 0.15) is 4.90 Å². The monoisotopic (exact) mass is 494 g/mol. The molecule has 0 heterocycles. The largest absolute Gasteiger partial charge is 0.867 e. The van der Waals surface area contributed by atoms with Crippen molar-refractivity contribution in [2.75, 3.05) is 0 Å². The molecule has 0 aliphatic heterocycles. The molecule has 0 atom stereocenters. The molecule has 35 heavy (non-hydrogen) atoms. The number of ketones is 1. The molecule has 0 saturated carbocycles. The molecule has 0 aromatic heterocycles. The topological polar surface area (TPSA) is 193 Å². The Morgan fingerprint density at radius 3 is 2.31 bits per heavy atom. The van der Waals surface area contributed by atoms with Crippen LogP contribution in [0.15, 0.2) is 65.6 Å².